The molecule has 6 nitrogen and oxygen atoms in total. The molecule has 80 valence electrons. The maximum atomic E-state index is 5.33. The van der Waals surface area contributed by atoms with Crippen molar-refractivity contribution in [1.29, 1.82) is 0 Å². The standard InChI is InChI=1S/C6H19N3O3Si/c1-10-13(11-2,12-3)9-8-6-4-5-7/h8-9H,4-7H2,1-3H3. The molecule has 7 heteroatoms. The van der Waals surface area contributed by atoms with Gasteiger partial charge < -0.3 is 19.0 Å². The summed E-state index contributed by atoms with van der Waals surface area (Å²) in [5.41, 5.74) is 8.26. The normalized spacial score (nSPS) is 12.0. The lowest BCUT2D eigenvalue weighted by molar-refractivity contribution is 0.104. The van der Waals surface area contributed by atoms with Gasteiger partial charge in [0.1, 0.15) is 0 Å². The van der Waals surface area contributed by atoms with Gasteiger partial charge in [0, 0.05) is 27.9 Å². The Bertz CT molecular complexity index is 115. The Morgan fingerprint density at radius 3 is 2.08 bits per heavy atom. The van der Waals surface area contributed by atoms with Crippen LogP contribution in [0.4, 0.5) is 0 Å². The smallest absolute Gasteiger partial charge is 0.364 e. The van der Waals surface area contributed by atoms with Crippen LogP contribution in [0.3, 0.4) is 0 Å². The number of nitrogens with one attached hydrogen (secondary N) is 2. The van der Waals surface area contributed by atoms with Crippen molar-refractivity contribution in [3.8, 4) is 0 Å². The molecule has 0 fully saturated rings. The van der Waals surface area contributed by atoms with Crippen LogP contribution in [-0.4, -0.2) is 43.4 Å². The lowest BCUT2D eigenvalue weighted by Gasteiger charge is -2.24. The van der Waals surface area contributed by atoms with Gasteiger partial charge >= 0.3 is 8.97 Å². The highest BCUT2D eigenvalue weighted by Crippen LogP contribution is 1.98. The van der Waals surface area contributed by atoms with E-state index in [-0.39, 0.29) is 0 Å². The van der Waals surface area contributed by atoms with Crippen LogP contribution in [0.1, 0.15) is 6.42 Å². The molecule has 0 radical (unpaired) electrons. The molecule has 4 N–H and O–H groups in total. The fraction of sp³-hybridized carbons (Fsp3) is 1.00. The monoisotopic (exact) mass is 209 g/mol. The highest BCUT2D eigenvalue weighted by molar-refractivity contribution is 6.57. The Morgan fingerprint density at radius 1 is 1.15 bits per heavy atom. The summed E-state index contributed by atoms with van der Waals surface area (Å²) in [6.07, 6.45) is 0.884. The fourth-order valence-corrected chi connectivity index (χ4v) is 1.91. The van der Waals surface area contributed by atoms with Crippen LogP contribution < -0.4 is 16.3 Å². The molecule has 13 heavy (non-hydrogen) atoms. The van der Waals surface area contributed by atoms with Crippen molar-refractivity contribution in [2.45, 2.75) is 6.42 Å². The van der Waals surface area contributed by atoms with E-state index >= 15 is 0 Å². The molecule has 0 aliphatic heterocycles. The first-order valence-electron chi connectivity index (χ1n) is 4.10. The van der Waals surface area contributed by atoms with Crippen molar-refractivity contribution < 1.29 is 13.3 Å². The number of rotatable bonds is 8. The van der Waals surface area contributed by atoms with E-state index in [0.717, 1.165) is 13.0 Å². The molecule has 0 saturated carbocycles. The van der Waals surface area contributed by atoms with Gasteiger partial charge in [-0.15, -0.1) is 0 Å². The van der Waals surface area contributed by atoms with E-state index in [1.807, 2.05) is 0 Å². The van der Waals surface area contributed by atoms with Crippen molar-refractivity contribution in [2.24, 2.45) is 5.73 Å². The zero-order chi connectivity index (χ0) is 10.2. The molecule has 0 spiro atoms. The summed E-state index contributed by atoms with van der Waals surface area (Å²) in [6.45, 7) is 1.40. The minimum atomic E-state index is -2.67. The van der Waals surface area contributed by atoms with Crippen LogP contribution in [0.25, 0.3) is 0 Å². The topological polar surface area (TPSA) is 77.8 Å². The molecule has 0 atom stereocenters. The summed E-state index contributed by atoms with van der Waals surface area (Å²) in [6, 6.07) is 0. The van der Waals surface area contributed by atoms with Gasteiger partial charge in [0.25, 0.3) is 0 Å². The van der Waals surface area contributed by atoms with E-state index in [9.17, 15) is 0 Å². The maximum absolute atomic E-state index is 5.33. The highest BCUT2D eigenvalue weighted by Gasteiger charge is 2.38. The van der Waals surface area contributed by atoms with E-state index in [4.69, 9.17) is 19.0 Å². The van der Waals surface area contributed by atoms with Gasteiger partial charge in [-0.25, -0.2) is 5.09 Å². The van der Waals surface area contributed by atoms with Gasteiger partial charge in [0.05, 0.1) is 0 Å². The van der Waals surface area contributed by atoms with Gasteiger partial charge in [-0.2, -0.15) is 0 Å². The van der Waals surface area contributed by atoms with Crippen molar-refractivity contribution in [2.75, 3.05) is 34.4 Å². The van der Waals surface area contributed by atoms with Gasteiger partial charge in [-0.3, -0.25) is 5.43 Å². The largest absolute Gasteiger partial charge is 0.610 e. The van der Waals surface area contributed by atoms with Crippen LogP contribution in [0.5, 0.6) is 0 Å². The third-order valence-electron chi connectivity index (χ3n) is 1.55. The van der Waals surface area contributed by atoms with Crippen LogP contribution in [0, 0.1) is 0 Å². The Hall–Kier alpha value is -0.0231. The summed E-state index contributed by atoms with van der Waals surface area (Å²) in [7, 11) is 1.95. The molecule has 0 aliphatic rings. The molecule has 0 aromatic heterocycles. The second kappa shape index (κ2) is 7.39. The highest BCUT2D eigenvalue weighted by atomic mass is 28.4. The summed E-state index contributed by atoms with van der Waals surface area (Å²) in [5, 5.41) is 2.88. The van der Waals surface area contributed by atoms with Gasteiger partial charge in [-0.1, -0.05) is 0 Å². The molecular weight excluding hydrogens is 190 g/mol. The third-order valence-corrected chi connectivity index (χ3v) is 3.65. The van der Waals surface area contributed by atoms with Gasteiger partial charge in [-0.05, 0) is 13.0 Å². The maximum Gasteiger partial charge on any atom is 0.610 e. The average molecular weight is 209 g/mol. The lowest BCUT2D eigenvalue weighted by Crippen LogP contribution is -2.62. The summed E-state index contributed by atoms with van der Waals surface area (Å²) >= 11 is 0. The molecule has 0 aromatic carbocycles. The number of hydrogen-bond donors (Lipinski definition) is 3. The molecule has 0 aromatic rings. The van der Waals surface area contributed by atoms with Gasteiger partial charge in [0.2, 0.25) is 0 Å². The third kappa shape index (κ3) is 4.67. The van der Waals surface area contributed by atoms with Crippen LogP contribution in [0.15, 0.2) is 0 Å². The summed E-state index contributed by atoms with van der Waals surface area (Å²) in [4.78, 5) is 0. The first-order chi connectivity index (χ1) is 6.24. The molecule has 0 rings (SSSR count). The van der Waals surface area contributed by atoms with Crippen molar-refractivity contribution in [3.05, 3.63) is 0 Å². The van der Waals surface area contributed by atoms with Crippen LogP contribution >= 0.6 is 0 Å². The van der Waals surface area contributed by atoms with Crippen molar-refractivity contribution >= 4 is 8.97 Å². The SMILES string of the molecule is CO[Si](NNCCCN)(OC)OC. The predicted octanol–water partition coefficient (Wildman–Crippen LogP) is -1.20. The average Bonchev–Trinajstić information content (AvgIpc) is 2.20. The summed E-state index contributed by atoms with van der Waals surface area (Å²) in [5.74, 6) is 0. The van der Waals surface area contributed by atoms with E-state index in [1.54, 1.807) is 0 Å². The number of hydrogen-bond acceptors (Lipinski definition) is 6. The Kier molecular flexibility index (Phi) is 7.37. The first kappa shape index (κ1) is 13.0. The lowest BCUT2D eigenvalue weighted by atomic mass is 10.4. The van der Waals surface area contributed by atoms with E-state index in [2.05, 4.69) is 10.5 Å². The molecule has 0 bridgehead atoms. The molecule has 0 heterocycles. The molecule has 0 unspecified atom stereocenters. The zero-order valence-electron chi connectivity index (χ0n) is 8.42. The van der Waals surface area contributed by atoms with Crippen LogP contribution in [0.2, 0.25) is 0 Å². The second-order valence-corrected chi connectivity index (χ2v) is 4.95. The number of nitrogens with two attached hydrogens (primary N) is 1. The minimum absolute atomic E-state index is 0.649. The Morgan fingerprint density at radius 2 is 1.69 bits per heavy atom. The minimum Gasteiger partial charge on any atom is -0.364 e. The van der Waals surface area contributed by atoms with E-state index in [1.165, 1.54) is 21.3 Å². The van der Waals surface area contributed by atoms with Crippen molar-refractivity contribution in [1.82, 2.24) is 10.5 Å². The Balaban J connectivity index is 3.68. The zero-order valence-corrected chi connectivity index (χ0v) is 9.42. The Labute approximate surface area is 80.1 Å². The quantitative estimate of drug-likeness (QED) is 0.265. The molecule has 0 saturated heterocycles. The molecular formula is C6H19N3O3Si. The van der Waals surface area contributed by atoms with E-state index < -0.39 is 8.97 Å². The van der Waals surface area contributed by atoms with Crippen LogP contribution in [-0.2, 0) is 13.3 Å². The number of hydrazine groups is 1. The first-order valence-corrected chi connectivity index (χ1v) is 5.82. The van der Waals surface area contributed by atoms with Gasteiger partial charge in [0.15, 0.2) is 0 Å². The summed E-state index contributed by atoms with van der Waals surface area (Å²) < 4.78 is 15.3. The molecule has 0 amide bonds. The fourth-order valence-electron chi connectivity index (χ4n) is 0.764. The second-order valence-electron chi connectivity index (χ2n) is 2.36. The molecule has 0 aliphatic carbocycles. The van der Waals surface area contributed by atoms with E-state index in [0.29, 0.717) is 6.54 Å². The van der Waals surface area contributed by atoms with Crippen molar-refractivity contribution in [3.63, 3.8) is 0 Å². The predicted molar refractivity (Wildman–Crippen MR) is 51.6 cm³/mol.